The number of anilines is 2. The summed E-state index contributed by atoms with van der Waals surface area (Å²) >= 11 is 0.949. The molecule has 0 radical (unpaired) electrons. The molecule has 0 amide bonds. The lowest BCUT2D eigenvalue weighted by atomic mass is 10.1. The van der Waals surface area contributed by atoms with E-state index >= 15 is 0 Å². The van der Waals surface area contributed by atoms with Crippen molar-refractivity contribution < 1.29 is 13.5 Å². The number of halogens is 2. The third-order valence-corrected chi connectivity index (χ3v) is 3.91. The van der Waals surface area contributed by atoms with E-state index < -0.39 is 22.8 Å². The third kappa shape index (κ3) is 3.05. The molecule has 2 aromatic rings. The van der Waals surface area contributed by atoms with Gasteiger partial charge in [-0.3, -0.25) is 0 Å². The van der Waals surface area contributed by atoms with E-state index in [1.54, 1.807) is 42.7 Å². The Labute approximate surface area is 136 Å². The van der Waals surface area contributed by atoms with Crippen LogP contribution >= 0.6 is 11.8 Å². The molecule has 0 aromatic heterocycles. The van der Waals surface area contributed by atoms with Crippen LogP contribution in [0.4, 0.5) is 20.2 Å². The lowest BCUT2D eigenvalue weighted by Crippen LogP contribution is -2.05. The van der Waals surface area contributed by atoms with Gasteiger partial charge >= 0.3 is 0 Å². The van der Waals surface area contributed by atoms with Crippen LogP contribution < -0.4 is 10.1 Å². The van der Waals surface area contributed by atoms with E-state index in [2.05, 4.69) is 5.32 Å². The summed E-state index contributed by atoms with van der Waals surface area (Å²) in [6.07, 6.45) is 1.56. The maximum Gasteiger partial charge on any atom is 0.167 e. The van der Waals surface area contributed by atoms with Gasteiger partial charge in [-0.15, -0.1) is 11.8 Å². The van der Waals surface area contributed by atoms with Crippen molar-refractivity contribution in [2.24, 2.45) is 0 Å². The molecule has 0 atom stereocenters. The largest absolute Gasteiger partial charge is 0.497 e. The predicted octanol–water partition coefficient (Wildman–Crippen LogP) is 4.18. The van der Waals surface area contributed by atoms with Crippen molar-refractivity contribution in [1.29, 1.82) is 10.5 Å². The van der Waals surface area contributed by atoms with Crippen molar-refractivity contribution in [3.8, 4) is 17.9 Å². The maximum atomic E-state index is 14.5. The summed E-state index contributed by atoms with van der Waals surface area (Å²) in [4.78, 5) is -0.0612. The average Bonchev–Trinajstić information content (AvgIpc) is 2.58. The van der Waals surface area contributed by atoms with Crippen LogP contribution in [-0.2, 0) is 0 Å². The number of methoxy groups -OCH3 is 1. The molecule has 0 bridgehead atoms. The zero-order valence-electron chi connectivity index (χ0n) is 12.3. The SMILES string of the molecule is COc1ccc(Nc2c(F)c(C#N)c(C#N)c(F)c2SC)cc1. The van der Waals surface area contributed by atoms with Gasteiger partial charge in [-0.05, 0) is 30.5 Å². The van der Waals surface area contributed by atoms with Crippen LogP contribution in [0, 0.1) is 34.3 Å². The minimum Gasteiger partial charge on any atom is -0.497 e. The van der Waals surface area contributed by atoms with E-state index in [1.807, 2.05) is 0 Å². The van der Waals surface area contributed by atoms with Gasteiger partial charge in [0.2, 0.25) is 0 Å². The van der Waals surface area contributed by atoms with Crippen LogP contribution in [-0.4, -0.2) is 13.4 Å². The van der Waals surface area contributed by atoms with Gasteiger partial charge in [0.05, 0.1) is 17.7 Å². The molecule has 0 aliphatic carbocycles. The molecule has 2 rings (SSSR count). The molecule has 7 heteroatoms. The lowest BCUT2D eigenvalue weighted by Gasteiger charge is -2.15. The molecule has 23 heavy (non-hydrogen) atoms. The second-order valence-corrected chi connectivity index (χ2v) is 5.18. The van der Waals surface area contributed by atoms with Crippen molar-refractivity contribution in [3.63, 3.8) is 0 Å². The molecular weight excluding hydrogens is 320 g/mol. The van der Waals surface area contributed by atoms with Crippen LogP contribution in [0.3, 0.4) is 0 Å². The first-order chi connectivity index (χ1) is 11.1. The first-order valence-electron chi connectivity index (χ1n) is 6.37. The van der Waals surface area contributed by atoms with Crippen molar-refractivity contribution in [2.45, 2.75) is 4.90 Å². The Morgan fingerprint density at radius 3 is 2.09 bits per heavy atom. The summed E-state index contributed by atoms with van der Waals surface area (Å²) in [5, 5.41) is 20.7. The fourth-order valence-corrected chi connectivity index (χ4v) is 2.63. The van der Waals surface area contributed by atoms with Crippen LogP contribution in [0.1, 0.15) is 11.1 Å². The summed E-state index contributed by atoms with van der Waals surface area (Å²) in [5.41, 5.74) is -0.878. The molecule has 0 spiro atoms. The van der Waals surface area contributed by atoms with Gasteiger partial charge in [0.15, 0.2) is 11.6 Å². The quantitative estimate of drug-likeness (QED) is 0.851. The van der Waals surface area contributed by atoms with Gasteiger partial charge in [-0.25, -0.2) is 8.78 Å². The van der Waals surface area contributed by atoms with Gasteiger partial charge in [0.1, 0.15) is 29.0 Å². The summed E-state index contributed by atoms with van der Waals surface area (Å²) in [5.74, 6) is -1.25. The number of hydrogen-bond donors (Lipinski definition) is 1. The topological polar surface area (TPSA) is 68.8 Å². The van der Waals surface area contributed by atoms with Crippen LogP contribution in [0.25, 0.3) is 0 Å². The summed E-state index contributed by atoms with van der Waals surface area (Å²) < 4.78 is 33.9. The molecule has 0 saturated heterocycles. The highest BCUT2D eigenvalue weighted by Crippen LogP contribution is 2.37. The molecule has 0 saturated carbocycles. The zero-order valence-corrected chi connectivity index (χ0v) is 13.1. The molecule has 2 aromatic carbocycles. The van der Waals surface area contributed by atoms with Gasteiger partial charge in [0.25, 0.3) is 0 Å². The molecule has 0 aliphatic heterocycles. The molecule has 4 nitrogen and oxygen atoms in total. The van der Waals surface area contributed by atoms with E-state index in [4.69, 9.17) is 15.3 Å². The monoisotopic (exact) mass is 331 g/mol. The molecule has 0 unspecified atom stereocenters. The smallest absolute Gasteiger partial charge is 0.167 e. The molecule has 116 valence electrons. The van der Waals surface area contributed by atoms with Crippen LogP contribution in [0.5, 0.6) is 5.75 Å². The summed E-state index contributed by atoms with van der Waals surface area (Å²) in [6, 6.07) is 9.66. The van der Waals surface area contributed by atoms with E-state index in [0.29, 0.717) is 11.4 Å². The number of nitrogens with one attached hydrogen (secondary N) is 1. The van der Waals surface area contributed by atoms with Gasteiger partial charge in [-0.2, -0.15) is 10.5 Å². The molecule has 1 N–H and O–H groups in total. The molecular formula is C16H11F2N3OS. The number of thioether (sulfide) groups is 1. The normalized spacial score (nSPS) is 9.83. The number of benzene rings is 2. The highest BCUT2D eigenvalue weighted by atomic mass is 32.2. The van der Waals surface area contributed by atoms with Crippen molar-refractivity contribution >= 4 is 23.1 Å². The molecule has 0 aliphatic rings. The maximum absolute atomic E-state index is 14.5. The average molecular weight is 331 g/mol. The lowest BCUT2D eigenvalue weighted by molar-refractivity contribution is 0.415. The fraction of sp³-hybridized carbons (Fsp3) is 0.125. The highest BCUT2D eigenvalue weighted by molar-refractivity contribution is 7.98. The number of hydrogen-bond acceptors (Lipinski definition) is 5. The second-order valence-electron chi connectivity index (χ2n) is 4.36. The van der Waals surface area contributed by atoms with E-state index in [1.165, 1.54) is 7.11 Å². The summed E-state index contributed by atoms with van der Waals surface area (Å²) in [7, 11) is 1.52. The van der Waals surface area contributed by atoms with Crippen molar-refractivity contribution in [2.75, 3.05) is 18.7 Å². The second kappa shape index (κ2) is 6.99. The van der Waals surface area contributed by atoms with E-state index in [-0.39, 0.29) is 10.6 Å². The first kappa shape index (κ1) is 16.6. The standard InChI is InChI=1S/C16H11F2N3OS/c1-22-10-5-3-9(4-6-10)21-15-13(17)11(7-19)12(8-20)14(18)16(15)23-2/h3-6,21H,1-2H3. The third-order valence-electron chi connectivity index (χ3n) is 3.12. The van der Waals surface area contributed by atoms with Gasteiger partial charge in [0, 0.05) is 5.69 Å². The predicted molar refractivity (Wildman–Crippen MR) is 83.8 cm³/mol. The Balaban J connectivity index is 2.59. The Morgan fingerprint density at radius 2 is 1.61 bits per heavy atom. The number of rotatable bonds is 4. The van der Waals surface area contributed by atoms with Crippen LogP contribution in [0.2, 0.25) is 0 Å². The van der Waals surface area contributed by atoms with E-state index in [0.717, 1.165) is 11.8 Å². The van der Waals surface area contributed by atoms with Gasteiger partial charge < -0.3 is 10.1 Å². The number of nitrogens with zero attached hydrogens (tertiary/aromatic N) is 2. The summed E-state index contributed by atoms with van der Waals surface area (Å²) in [6.45, 7) is 0. The Hall–Kier alpha value is -2.77. The minimum atomic E-state index is -0.953. The van der Waals surface area contributed by atoms with Crippen molar-refractivity contribution in [3.05, 3.63) is 47.0 Å². The fourth-order valence-electron chi connectivity index (χ4n) is 2.00. The first-order valence-corrected chi connectivity index (χ1v) is 7.60. The van der Waals surface area contributed by atoms with Crippen molar-refractivity contribution in [1.82, 2.24) is 0 Å². The highest BCUT2D eigenvalue weighted by Gasteiger charge is 2.24. The number of ether oxygens (including phenoxy) is 1. The van der Waals surface area contributed by atoms with Gasteiger partial charge in [-0.1, -0.05) is 0 Å². The van der Waals surface area contributed by atoms with Crippen LogP contribution in [0.15, 0.2) is 29.2 Å². The Bertz CT molecular complexity index is 820. The molecule has 0 heterocycles. The minimum absolute atomic E-state index is 0.0612. The Kier molecular flexibility index (Phi) is 5.05. The molecule has 0 fully saturated rings. The number of nitriles is 2. The van der Waals surface area contributed by atoms with E-state index in [9.17, 15) is 8.78 Å². The Morgan fingerprint density at radius 1 is 1.04 bits per heavy atom. The zero-order chi connectivity index (χ0) is 17.0.